The van der Waals surface area contributed by atoms with E-state index >= 15 is 0 Å². The van der Waals surface area contributed by atoms with Crippen LogP contribution in [-0.4, -0.2) is 23.8 Å². The number of ether oxygens (including phenoxy) is 1. The van der Waals surface area contributed by atoms with E-state index in [2.05, 4.69) is 33.1 Å². The first-order valence-corrected chi connectivity index (χ1v) is 8.04. The largest absolute Gasteiger partial charge is 0.508 e. The molecule has 0 heterocycles. The van der Waals surface area contributed by atoms with Gasteiger partial charge in [0.1, 0.15) is 11.5 Å². The molecule has 0 fully saturated rings. The second kappa shape index (κ2) is 7.96. The van der Waals surface area contributed by atoms with E-state index in [0.717, 1.165) is 20.4 Å². The molecular weight excluding hydrogens is 407 g/mol. The molecule has 120 valence electrons. The number of benzene rings is 2. The van der Waals surface area contributed by atoms with Crippen LogP contribution in [0.15, 0.2) is 41.5 Å². The summed E-state index contributed by atoms with van der Waals surface area (Å²) in [7, 11) is 0. The molecule has 5 nitrogen and oxygen atoms in total. The van der Waals surface area contributed by atoms with E-state index in [1.807, 2.05) is 26.0 Å². The van der Waals surface area contributed by atoms with E-state index in [9.17, 15) is 9.90 Å². The number of nitrogens with zero attached hydrogens (tertiary/aromatic N) is 1. The van der Waals surface area contributed by atoms with Gasteiger partial charge in [-0.1, -0.05) is 12.1 Å². The van der Waals surface area contributed by atoms with Crippen LogP contribution in [-0.2, 0) is 4.79 Å². The number of hydrogen-bond donors (Lipinski definition) is 2. The summed E-state index contributed by atoms with van der Waals surface area (Å²) in [5, 5.41) is 13.2. The normalized spacial score (nSPS) is 10.7. The van der Waals surface area contributed by atoms with Crippen LogP contribution in [0.4, 0.5) is 0 Å². The van der Waals surface area contributed by atoms with E-state index in [4.69, 9.17) is 4.74 Å². The first-order chi connectivity index (χ1) is 11.0. The summed E-state index contributed by atoms with van der Waals surface area (Å²) >= 11 is 2.24. The van der Waals surface area contributed by atoms with Gasteiger partial charge in [0.2, 0.25) is 0 Å². The van der Waals surface area contributed by atoms with Gasteiger partial charge in [0, 0.05) is 3.57 Å². The third-order valence-corrected chi connectivity index (χ3v) is 3.67. The van der Waals surface area contributed by atoms with Gasteiger partial charge in [0.05, 0.1) is 6.21 Å². The molecule has 2 aromatic carbocycles. The minimum atomic E-state index is -0.348. The van der Waals surface area contributed by atoms with Gasteiger partial charge in [0.15, 0.2) is 6.61 Å². The molecule has 1 amide bonds. The molecule has 0 atom stereocenters. The lowest BCUT2D eigenvalue weighted by Gasteiger charge is -2.11. The Morgan fingerprint density at radius 3 is 2.65 bits per heavy atom. The molecule has 23 heavy (non-hydrogen) atoms. The maximum Gasteiger partial charge on any atom is 0.277 e. The summed E-state index contributed by atoms with van der Waals surface area (Å²) < 4.78 is 6.71. The second-order valence-corrected chi connectivity index (χ2v) is 6.29. The van der Waals surface area contributed by atoms with E-state index in [1.165, 1.54) is 6.21 Å². The van der Waals surface area contributed by atoms with Crippen molar-refractivity contribution in [1.82, 2.24) is 5.43 Å². The number of aromatic hydroxyl groups is 1. The fraction of sp³-hybridized carbons (Fsp3) is 0.176. The predicted molar refractivity (Wildman–Crippen MR) is 98.0 cm³/mol. The highest BCUT2D eigenvalue weighted by atomic mass is 127. The zero-order valence-electron chi connectivity index (χ0n) is 12.8. The van der Waals surface area contributed by atoms with Gasteiger partial charge >= 0.3 is 0 Å². The molecular formula is C17H17IN2O3. The number of carbonyl (C=O) groups is 1. The Morgan fingerprint density at radius 2 is 2.00 bits per heavy atom. The predicted octanol–water partition coefficient (Wildman–Crippen LogP) is 3.14. The Morgan fingerprint density at radius 1 is 1.30 bits per heavy atom. The number of aryl methyl sites for hydroxylation is 2. The van der Waals surface area contributed by atoms with Crippen LogP contribution < -0.4 is 10.2 Å². The standard InChI is InChI=1S/C17H17IN2O3/c1-11-6-14(18)7-12(2)17(11)23-10-16(22)20-19-9-13-4-3-5-15(21)8-13/h3-9,21H,10H2,1-2H3,(H,20,22)/b19-9-. The third kappa shape index (κ3) is 5.24. The van der Waals surface area contributed by atoms with Crippen LogP contribution in [0.3, 0.4) is 0 Å². The number of rotatable bonds is 5. The summed E-state index contributed by atoms with van der Waals surface area (Å²) in [6.45, 7) is 3.78. The number of phenols is 1. The first-order valence-electron chi connectivity index (χ1n) is 6.96. The number of carbonyl (C=O) groups excluding carboxylic acids is 1. The highest BCUT2D eigenvalue weighted by Gasteiger charge is 2.08. The molecule has 0 aliphatic rings. The average molecular weight is 424 g/mol. The number of halogens is 1. The molecule has 0 radical (unpaired) electrons. The fourth-order valence-corrected chi connectivity index (χ4v) is 3.01. The molecule has 2 N–H and O–H groups in total. The van der Waals surface area contributed by atoms with Gasteiger partial charge in [0.25, 0.3) is 5.91 Å². The molecule has 0 saturated heterocycles. The van der Waals surface area contributed by atoms with Crippen molar-refractivity contribution in [3.05, 3.63) is 56.7 Å². The minimum Gasteiger partial charge on any atom is -0.508 e. The van der Waals surface area contributed by atoms with Gasteiger partial charge in [-0.15, -0.1) is 0 Å². The van der Waals surface area contributed by atoms with Crippen LogP contribution >= 0.6 is 22.6 Å². The van der Waals surface area contributed by atoms with Gasteiger partial charge < -0.3 is 9.84 Å². The zero-order chi connectivity index (χ0) is 16.8. The number of phenolic OH excluding ortho intramolecular Hbond substituents is 1. The number of amides is 1. The molecule has 6 heteroatoms. The fourth-order valence-electron chi connectivity index (χ4n) is 2.08. The van der Waals surface area contributed by atoms with E-state index in [-0.39, 0.29) is 18.3 Å². The summed E-state index contributed by atoms with van der Waals surface area (Å²) in [6, 6.07) is 10.6. The number of hydrogen-bond acceptors (Lipinski definition) is 4. The van der Waals surface area contributed by atoms with Crippen molar-refractivity contribution in [3.63, 3.8) is 0 Å². The van der Waals surface area contributed by atoms with Crippen molar-refractivity contribution in [2.24, 2.45) is 5.10 Å². The molecule has 0 unspecified atom stereocenters. The lowest BCUT2D eigenvalue weighted by molar-refractivity contribution is -0.123. The Labute approximate surface area is 148 Å². The summed E-state index contributed by atoms with van der Waals surface area (Å²) in [5.74, 6) is 0.518. The van der Waals surface area contributed by atoms with Crippen LogP contribution in [0.25, 0.3) is 0 Å². The summed E-state index contributed by atoms with van der Waals surface area (Å²) in [4.78, 5) is 11.8. The maximum atomic E-state index is 11.8. The molecule has 0 saturated carbocycles. The summed E-state index contributed by atoms with van der Waals surface area (Å²) in [6.07, 6.45) is 1.46. The van der Waals surface area contributed by atoms with Crippen molar-refractivity contribution in [2.75, 3.05) is 6.61 Å². The Kier molecular flexibility index (Phi) is 5.97. The summed E-state index contributed by atoms with van der Waals surface area (Å²) in [5.41, 5.74) is 5.07. The monoisotopic (exact) mass is 424 g/mol. The van der Waals surface area contributed by atoms with Crippen molar-refractivity contribution < 1.29 is 14.6 Å². The van der Waals surface area contributed by atoms with E-state index in [0.29, 0.717) is 5.56 Å². The van der Waals surface area contributed by atoms with Gasteiger partial charge in [-0.25, -0.2) is 5.43 Å². The van der Waals surface area contributed by atoms with Gasteiger partial charge in [-0.3, -0.25) is 4.79 Å². The van der Waals surface area contributed by atoms with Crippen LogP contribution in [0, 0.1) is 17.4 Å². The molecule has 0 bridgehead atoms. The number of nitrogens with one attached hydrogen (secondary N) is 1. The first kappa shape index (κ1) is 17.3. The average Bonchev–Trinajstić information content (AvgIpc) is 2.46. The lowest BCUT2D eigenvalue weighted by Crippen LogP contribution is -2.25. The van der Waals surface area contributed by atoms with Crippen LogP contribution in [0.5, 0.6) is 11.5 Å². The number of hydrazone groups is 1. The van der Waals surface area contributed by atoms with Crippen LogP contribution in [0.2, 0.25) is 0 Å². The van der Waals surface area contributed by atoms with E-state index in [1.54, 1.807) is 24.3 Å². The molecule has 0 spiro atoms. The maximum absolute atomic E-state index is 11.8. The van der Waals surface area contributed by atoms with Crippen molar-refractivity contribution in [2.45, 2.75) is 13.8 Å². The second-order valence-electron chi connectivity index (χ2n) is 5.05. The Hall–Kier alpha value is -2.09. The van der Waals surface area contributed by atoms with Crippen molar-refractivity contribution >= 4 is 34.7 Å². The van der Waals surface area contributed by atoms with E-state index < -0.39 is 0 Å². The molecule has 2 rings (SSSR count). The topological polar surface area (TPSA) is 70.9 Å². The third-order valence-electron chi connectivity index (χ3n) is 3.05. The van der Waals surface area contributed by atoms with Gasteiger partial charge in [-0.05, 0) is 77.4 Å². The molecule has 2 aromatic rings. The Balaban J connectivity index is 1.88. The van der Waals surface area contributed by atoms with Crippen molar-refractivity contribution in [1.29, 1.82) is 0 Å². The molecule has 0 aliphatic heterocycles. The van der Waals surface area contributed by atoms with Crippen molar-refractivity contribution in [3.8, 4) is 11.5 Å². The zero-order valence-corrected chi connectivity index (χ0v) is 15.0. The smallest absolute Gasteiger partial charge is 0.277 e. The molecule has 0 aromatic heterocycles. The molecule has 0 aliphatic carbocycles. The highest BCUT2D eigenvalue weighted by Crippen LogP contribution is 2.25. The van der Waals surface area contributed by atoms with Crippen LogP contribution in [0.1, 0.15) is 16.7 Å². The highest BCUT2D eigenvalue weighted by molar-refractivity contribution is 14.1. The quantitative estimate of drug-likeness (QED) is 0.440. The Bertz CT molecular complexity index is 721. The lowest BCUT2D eigenvalue weighted by atomic mass is 10.1. The minimum absolute atomic E-state index is 0.111. The SMILES string of the molecule is Cc1cc(I)cc(C)c1OCC(=O)N/N=C\c1cccc(O)c1. The van der Waals surface area contributed by atoms with Gasteiger partial charge in [-0.2, -0.15) is 5.10 Å².